The van der Waals surface area contributed by atoms with Gasteiger partial charge in [-0.3, -0.25) is 9.69 Å². The number of ether oxygens (including phenoxy) is 1. The lowest BCUT2D eigenvalue weighted by molar-refractivity contribution is -0.125. The van der Waals surface area contributed by atoms with Crippen LogP contribution in [0.2, 0.25) is 0 Å². The SMILES string of the molecule is NC1(C2CC2)CN(CC(=O)NC2CCOCC2)C1. The summed E-state index contributed by atoms with van der Waals surface area (Å²) >= 11 is 0. The van der Waals surface area contributed by atoms with E-state index in [2.05, 4.69) is 10.2 Å². The number of rotatable bonds is 4. The number of carbonyl (C=O) groups is 1. The molecule has 0 aromatic rings. The summed E-state index contributed by atoms with van der Waals surface area (Å²) in [6.07, 6.45) is 4.43. The molecule has 2 heterocycles. The number of nitrogens with two attached hydrogens (primary N) is 1. The van der Waals surface area contributed by atoms with Gasteiger partial charge in [0, 0.05) is 37.9 Å². The Morgan fingerprint density at radius 1 is 1.28 bits per heavy atom. The quantitative estimate of drug-likeness (QED) is 0.722. The van der Waals surface area contributed by atoms with Crippen molar-refractivity contribution >= 4 is 5.91 Å². The fraction of sp³-hybridized carbons (Fsp3) is 0.923. The van der Waals surface area contributed by atoms with Crippen LogP contribution in [-0.4, -0.2) is 55.2 Å². The van der Waals surface area contributed by atoms with Crippen LogP contribution in [0.3, 0.4) is 0 Å². The van der Waals surface area contributed by atoms with Crippen LogP contribution in [0.5, 0.6) is 0 Å². The number of likely N-dealkylation sites (tertiary alicyclic amines) is 1. The molecule has 18 heavy (non-hydrogen) atoms. The van der Waals surface area contributed by atoms with Crippen LogP contribution in [0.15, 0.2) is 0 Å². The molecule has 0 bridgehead atoms. The monoisotopic (exact) mass is 253 g/mol. The average Bonchev–Trinajstić information content (AvgIpc) is 3.12. The molecule has 0 radical (unpaired) electrons. The Bertz CT molecular complexity index is 318. The van der Waals surface area contributed by atoms with E-state index in [9.17, 15) is 4.79 Å². The first-order chi connectivity index (χ1) is 8.66. The fourth-order valence-corrected chi connectivity index (χ4v) is 3.13. The molecular weight excluding hydrogens is 230 g/mol. The van der Waals surface area contributed by atoms with Gasteiger partial charge in [0.2, 0.25) is 5.91 Å². The highest BCUT2D eigenvalue weighted by atomic mass is 16.5. The van der Waals surface area contributed by atoms with E-state index >= 15 is 0 Å². The Morgan fingerprint density at radius 2 is 1.94 bits per heavy atom. The second-order valence-electron chi connectivity index (χ2n) is 6.11. The highest BCUT2D eigenvalue weighted by molar-refractivity contribution is 5.78. The van der Waals surface area contributed by atoms with Crippen molar-refractivity contribution in [1.82, 2.24) is 10.2 Å². The fourth-order valence-electron chi connectivity index (χ4n) is 3.13. The molecule has 1 aliphatic carbocycles. The van der Waals surface area contributed by atoms with Crippen LogP contribution in [0.4, 0.5) is 0 Å². The third-order valence-electron chi connectivity index (χ3n) is 4.38. The molecule has 2 aliphatic heterocycles. The third-order valence-corrected chi connectivity index (χ3v) is 4.38. The largest absolute Gasteiger partial charge is 0.381 e. The van der Waals surface area contributed by atoms with Crippen LogP contribution in [0.25, 0.3) is 0 Å². The van der Waals surface area contributed by atoms with Gasteiger partial charge in [-0.25, -0.2) is 0 Å². The van der Waals surface area contributed by atoms with Gasteiger partial charge in [-0.15, -0.1) is 0 Å². The predicted molar refractivity (Wildman–Crippen MR) is 68.1 cm³/mol. The summed E-state index contributed by atoms with van der Waals surface area (Å²) in [4.78, 5) is 14.0. The first-order valence-electron chi connectivity index (χ1n) is 7.04. The van der Waals surface area contributed by atoms with Gasteiger partial charge >= 0.3 is 0 Å². The molecule has 1 amide bonds. The second-order valence-corrected chi connectivity index (χ2v) is 6.11. The van der Waals surface area contributed by atoms with Crippen LogP contribution in [0.1, 0.15) is 25.7 Å². The predicted octanol–water partition coefficient (Wildman–Crippen LogP) is -0.295. The average molecular weight is 253 g/mol. The van der Waals surface area contributed by atoms with Gasteiger partial charge in [-0.05, 0) is 31.6 Å². The summed E-state index contributed by atoms with van der Waals surface area (Å²) in [5.74, 6) is 0.854. The Kier molecular flexibility index (Phi) is 3.30. The van der Waals surface area contributed by atoms with Crippen LogP contribution in [-0.2, 0) is 9.53 Å². The summed E-state index contributed by atoms with van der Waals surface area (Å²) < 4.78 is 5.28. The van der Waals surface area contributed by atoms with Crippen molar-refractivity contribution in [3.63, 3.8) is 0 Å². The highest BCUT2D eigenvalue weighted by Gasteiger charge is 2.50. The topological polar surface area (TPSA) is 67.6 Å². The van der Waals surface area contributed by atoms with Crippen molar-refractivity contribution in [2.24, 2.45) is 11.7 Å². The minimum Gasteiger partial charge on any atom is -0.381 e. The van der Waals surface area contributed by atoms with Crippen molar-refractivity contribution in [1.29, 1.82) is 0 Å². The van der Waals surface area contributed by atoms with E-state index in [-0.39, 0.29) is 11.4 Å². The van der Waals surface area contributed by atoms with Gasteiger partial charge in [0.15, 0.2) is 0 Å². The highest BCUT2D eigenvalue weighted by Crippen LogP contribution is 2.42. The van der Waals surface area contributed by atoms with Crippen molar-refractivity contribution in [2.75, 3.05) is 32.8 Å². The van der Waals surface area contributed by atoms with Crippen molar-refractivity contribution in [2.45, 2.75) is 37.3 Å². The number of nitrogens with zero attached hydrogens (tertiary/aromatic N) is 1. The molecule has 0 atom stereocenters. The lowest BCUT2D eigenvalue weighted by atomic mass is 9.86. The molecule has 2 saturated heterocycles. The standard InChI is InChI=1S/C13H23N3O2/c14-13(10-1-2-10)8-16(9-13)7-12(17)15-11-3-5-18-6-4-11/h10-11H,1-9,14H2,(H,15,17). The van der Waals surface area contributed by atoms with Gasteiger partial charge in [-0.1, -0.05) is 0 Å². The van der Waals surface area contributed by atoms with E-state index in [1.807, 2.05) is 0 Å². The summed E-state index contributed by atoms with van der Waals surface area (Å²) in [6.45, 7) is 3.81. The first kappa shape index (κ1) is 12.4. The summed E-state index contributed by atoms with van der Waals surface area (Å²) in [5.41, 5.74) is 6.28. The maximum Gasteiger partial charge on any atom is 0.234 e. The molecule has 3 fully saturated rings. The molecule has 0 spiro atoms. The molecule has 0 aromatic carbocycles. The maximum atomic E-state index is 11.9. The Labute approximate surface area is 108 Å². The van der Waals surface area contributed by atoms with E-state index in [4.69, 9.17) is 10.5 Å². The van der Waals surface area contributed by atoms with Crippen LogP contribution < -0.4 is 11.1 Å². The molecule has 1 saturated carbocycles. The lowest BCUT2D eigenvalue weighted by Crippen LogP contribution is -2.69. The zero-order valence-electron chi connectivity index (χ0n) is 10.9. The number of hydrogen-bond donors (Lipinski definition) is 2. The number of nitrogens with one attached hydrogen (secondary N) is 1. The minimum atomic E-state index is 0.0129. The molecule has 3 N–H and O–H groups in total. The van der Waals surface area contributed by atoms with Gasteiger partial charge in [-0.2, -0.15) is 0 Å². The molecule has 0 unspecified atom stereocenters. The number of carbonyl (C=O) groups excluding carboxylic acids is 1. The van der Waals surface area contributed by atoms with Gasteiger partial charge in [0.25, 0.3) is 0 Å². The minimum absolute atomic E-state index is 0.0129. The van der Waals surface area contributed by atoms with Crippen LogP contribution >= 0.6 is 0 Å². The second kappa shape index (κ2) is 4.79. The Balaban J connectivity index is 1.37. The van der Waals surface area contributed by atoms with Gasteiger partial charge < -0.3 is 15.8 Å². The summed E-state index contributed by atoms with van der Waals surface area (Å²) in [6, 6.07) is 0.304. The van der Waals surface area contributed by atoms with Crippen molar-refractivity contribution < 1.29 is 9.53 Å². The third kappa shape index (κ3) is 2.68. The summed E-state index contributed by atoms with van der Waals surface area (Å²) in [5, 5.41) is 3.09. The zero-order valence-corrected chi connectivity index (χ0v) is 10.9. The normalized spacial score (nSPS) is 28.7. The first-order valence-corrected chi connectivity index (χ1v) is 7.04. The smallest absolute Gasteiger partial charge is 0.234 e. The van der Waals surface area contributed by atoms with E-state index in [0.717, 1.165) is 39.1 Å². The molecule has 5 heteroatoms. The van der Waals surface area contributed by atoms with E-state index < -0.39 is 0 Å². The lowest BCUT2D eigenvalue weighted by Gasteiger charge is -2.48. The van der Waals surface area contributed by atoms with E-state index in [0.29, 0.717) is 18.5 Å². The molecule has 102 valence electrons. The molecule has 3 rings (SSSR count). The number of amides is 1. The molecule has 0 aromatic heterocycles. The number of hydrogen-bond acceptors (Lipinski definition) is 4. The van der Waals surface area contributed by atoms with E-state index in [1.165, 1.54) is 12.8 Å². The Morgan fingerprint density at radius 3 is 2.56 bits per heavy atom. The summed E-state index contributed by atoms with van der Waals surface area (Å²) in [7, 11) is 0. The van der Waals surface area contributed by atoms with Gasteiger partial charge in [0.1, 0.15) is 0 Å². The van der Waals surface area contributed by atoms with Gasteiger partial charge in [0.05, 0.1) is 6.54 Å². The maximum absolute atomic E-state index is 11.9. The Hall–Kier alpha value is -0.650. The van der Waals surface area contributed by atoms with Crippen molar-refractivity contribution in [3.05, 3.63) is 0 Å². The molecular formula is C13H23N3O2. The zero-order chi connectivity index (χ0) is 12.6. The molecule has 5 nitrogen and oxygen atoms in total. The van der Waals surface area contributed by atoms with E-state index in [1.54, 1.807) is 0 Å². The van der Waals surface area contributed by atoms with Crippen LogP contribution in [0, 0.1) is 5.92 Å². The molecule has 3 aliphatic rings. The van der Waals surface area contributed by atoms with Crippen molar-refractivity contribution in [3.8, 4) is 0 Å².